The molecule has 6 aromatic rings. The van der Waals surface area contributed by atoms with E-state index in [9.17, 15) is 111 Å². The van der Waals surface area contributed by atoms with Gasteiger partial charge in [-0.15, -0.1) is 0 Å². The Hall–Kier alpha value is -10.3. The summed E-state index contributed by atoms with van der Waals surface area (Å²) in [4.78, 5) is 58.0. The number of phenolic OH excluding ortho intramolecular Hbond substituents is 16. The van der Waals surface area contributed by atoms with E-state index >= 15 is 0 Å². The molecule has 0 saturated carbocycles. The van der Waals surface area contributed by atoms with Gasteiger partial charge in [0.15, 0.2) is 75.8 Å². The second-order valence-electron chi connectivity index (χ2n) is 17.7. The Kier molecular flexibility index (Phi) is 11.1. The van der Waals surface area contributed by atoms with Crippen LogP contribution in [0.15, 0.2) is 42.5 Å². The number of benzene rings is 6. The molecule has 4 aliphatic rings. The summed E-state index contributed by atoms with van der Waals surface area (Å²) in [5.74, 6) is -30.5. The van der Waals surface area contributed by atoms with Gasteiger partial charge in [0.05, 0.1) is 34.3 Å². The van der Waals surface area contributed by atoms with Gasteiger partial charge in [0, 0.05) is 51.4 Å². The van der Waals surface area contributed by atoms with Crippen LogP contribution < -0.4 is 4.74 Å². The van der Waals surface area contributed by atoms with Gasteiger partial charge in [0.25, 0.3) is 0 Å². The van der Waals surface area contributed by atoms with Crippen LogP contribution in [0, 0.1) is 0 Å². The largest absolute Gasteiger partial charge is 0.507 e. The van der Waals surface area contributed by atoms with E-state index < -0.39 is 227 Å². The molecule has 2 bridgehead atoms. The van der Waals surface area contributed by atoms with Gasteiger partial charge in [0.1, 0.15) is 36.1 Å². The first-order valence-corrected chi connectivity index (χ1v) is 21.9. The van der Waals surface area contributed by atoms with Crippen molar-refractivity contribution in [1.82, 2.24) is 0 Å². The molecule has 0 saturated heterocycles. The third-order valence-electron chi connectivity index (χ3n) is 13.4. The minimum atomic E-state index is -2.77. The summed E-state index contributed by atoms with van der Waals surface area (Å²) >= 11 is 0. The van der Waals surface area contributed by atoms with Crippen LogP contribution in [0.2, 0.25) is 0 Å². The first-order valence-electron chi connectivity index (χ1n) is 21.9. The molecule has 27 nitrogen and oxygen atoms in total. The molecule has 7 atom stereocenters. The number of phenols is 16. The van der Waals surface area contributed by atoms with Crippen molar-refractivity contribution in [3.63, 3.8) is 0 Å². The second-order valence-corrected chi connectivity index (χ2v) is 17.7. The maximum atomic E-state index is 14.7. The monoisotopic (exact) mass is 1060 g/mol. The first kappa shape index (κ1) is 49.3. The Morgan fingerprint density at radius 3 is 1.43 bits per heavy atom. The molecular weight excluding hydrogens is 1020 g/mol. The van der Waals surface area contributed by atoms with Crippen molar-refractivity contribution in [2.45, 2.75) is 49.0 Å². The Bertz CT molecular complexity index is 3600. The number of aliphatic hydroxyl groups excluding tert-OH is 2. The van der Waals surface area contributed by atoms with Gasteiger partial charge in [-0.05, 0) is 35.9 Å². The van der Waals surface area contributed by atoms with Gasteiger partial charge in [-0.3, -0.25) is 0 Å². The number of aromatic hydroxyl groups is 16. The standard InChI is InChI=1S/C49H36O27/c50-15-2-1-10(3-16(15)51)42-21(56)4-11-23(73-42)8-17(52)27(32(11)58)30-29-31-28(39(65)41(67)40(29)66)26-14(7-20(55)35(61)38(26)64)48(70)76-45(44(30)75-49(31)71)43-22(57)9-72-46(68)12-5-18(53)33(59)36(62)24(12)25-13(47(69)74-43)6-19(54)34(60)37(25)63/h1-3,5-8,21-22,30,42-45,50-67H,4,9H2/t21-,22+,30+,42-,43+,44+,45-/m1/s1. The number of rotatable bonds is 3. The number of fused-ring (bicyclic) bond motifs is 8. The summed E-state index contributed by atoms with van der Waals surface area (Å²) in [5, 5.41) is 200. The highest BCUT2D eigenvalue weighted by Gasteiger charge is 2.56. The normalized spacial score (nSPS) is 21.7. The minimum Gasteiger partial charge on any atom is -0.507 e. The molecular formula is C49H36O27. The number of esters is 4. The van der Waals surface area contributed by atoms with Crippen LogP contribution in [0.4, 0.5) is 0 Å². The zero-order chi connectivity index (χ0) is 55.0. The molecule has 4 aliphatic heterocycles. The van der Waals surface area contributed by atoms with Crippen molar-refractivity contribution in [3.8, 4) is 120 Å². The highest BCUT2D eigenvalue weighted by atomic mass is 16.6. The van der Waals surface area contributed by atoms with Crippen LogP contribution in [-0.2, 0) is 25.4 Å². The average Bonchev–Trinajstić information content (AvgIpc) is 3.41. The van der Waals surface area contributed by atoms with E-state index in [-0.39, 0.29) is 16.9 Å². The van der Waals surface area contributed by atoms with Crippen LogP contribution in [0.3, 0.4) is 0 Å². The van der Waals surface area contributed by atoms with E-state index in [2.05, 4.69) is 0 Å². The number of hydrogen-bond acceptors (Lipinski definition) is 27. The predicted molar refractivity (Wildman–Crippen MR) is 242 cm³/mol. The highest BCUT2D eigenvalue weighted by Crippen LogP contribution is 2.62. The van der Waals surface area contributed by atoms with Crippen molar-refractivity contribution in [1.29, 1.82) is 0 Å². The lowest BCUT2D eigenvalue weighted by molar-refractivity contribution is -0.133. The van der Waals surface area contributed by atoms with E-state index in [0.29, 0.717) is 18.2 Å². The molecule has 27 heteroatoms. The molecule has 0 unspecified atom stereocenters. The van der Waals surface area contributed by atoms with Gasteiger partial charge >= 0.3 is 23.9 Å². The predicted octanol–water partition coefficient (Wildman–Crippen LogP) is 2.31. The average molecular weight is 1060 g/mol. The molecule has 0 aromatic heterocycles. The number of aliphatic hydroxyl groups is 2. The minimum absolute atomic E-state index is 0.0708. The van der Waals surface area contributed by atoms with Crippen molar-refractivity contribution in [3.05, 3.63) is 87.0 Å². The summed E-state index contributed by atoms with van der Waals surface area (Å²) in [6, 6.07) is 5.42. The van der Waals surface area contributed by atoms with Gasteiger partial charge in [-0.25, -0.2) is 19.2 Å². The Labute approximate surface area is 420 Å². The van der Waals surface area contributed by atoms with Crippen LogP contribution in [0.25, 0.3) is 22.3 Å². The Balaban J connectivity index is 1.24. The van der Waals surface area contributed by atoms with E-state index in [1.54, 1.807) is 0 Å². The van der Waals surface area contributed by atoms with Crippen LogP contribution in [-0.4, -0.2) is 153 Å². The van der Waals surface area contributed by atoms with E-state index in [0.717, 1.165) is 18.2 Å². The fourth-order valence-electron chi connectivity index (χ4n) is 9.87. The lowest BCUT2D eigenvalue weighted by Gasteiger charge is -2.42. The van der Waals surface area contributed by atoms with Crippen molar-refractivity contribution in [2.24, 2.45) is 0 Å². The van der Waals surface area contributed by atoms with Gasteiger partial charge < -0.3 is 116 Å². The van der Waals surface area contributed by atoms with Crippen molar-refractivity contribution in [2.75, 3.05) is 6.61 Å². The second kappa shape index (κ2) is 17.2. The van der Waals surface area contributed by atoms with Gasteiger partial charge in [0.2, 0.25) is 23.0 Å². The maximum Gasteiger partial charge on any atom is 0.339 e. The van der Waals surface area contributed by atoms with Gasteiger partial charge in [-0.1, -0.05) is 6.07 Å². The summed E-state index contributed by atoms with van der Waals surface area (Å²) in [6.45, 7) is -1.44. The molecule has 18 N–H and O–H groups in total. The SMILES string of the molecule is O=C1OC[C@H](O)[C@@H]([C@H]2OC(=O)c3cc(O)c(O)c(O)c3-c3c(O)c(O)c(O)c4c3C(=O)O[C@H]2[C@H]4c2c(O)cc3c(c2O)C[C@@H](O)[C@@H](c2ccc(O)c(O)c2)O3)OC(=O)c2cc(O)c(O)c(O)c2-c2c1cc(O)c(O)c2O. The molecule has 6 aromatic carbocycles. The first-order chi connectivity index (χ1) is 35.8. The molecule has 0 aliphatic carbocycles. The third kappa shape index (κ3) is 7.11. The molecule has 76 heavy (non-hydrogen) atoms. The fourth-order valence-corrected chi connectivity index (χ4v) is 9.87. The smallest absolute Gasteiger partial charge is 0.339 e. The Morgan fingerprint density at radius 1 is 0.382 bits per heavy atom. The lowest BCUT2D eigenvalue weighted by atomic mass is 9.74. The highest BCUT2D eigenvalue weighted by molar-refractivity contribution is 6.11. The number of carbonyl (C=O) groups is 4. The quantitative estimate of drug-likeness (QED) is 0.0687. The molecule has 0 fully saturated rings. The fraction of sp³-hybridized carbons (Fsp3) is 0.184. The van der Waals surface area contributed by atoms with Gasteiger partial charge in [-0.2, -0.15) is 0 Å². The molecule has 4 heterocycles. The topological polar surface area (TPSA) is 479 Å². The molecule has 10 rings (SSSR count). The van der Waals surface area contributed by atoms with E-state index in [4.69, 9.17) is 23.7 Å². The number of ether oxygens (including phenoxy) is 5. The number of hydrogen-bond donors (Lipinski definition) is 18. The molecule has 0 amide bonds. The van der Waals surface area contributed by atoms with Crippen LogP contribution in [0.5, 0.6) is 97.7 Å². The molecule has 0 radical (unpaired) electrons. The summed E-state index contributed by atoms with van der Waals surface area (Å²) < 4.78 is 28.6. The van der Waals surface area contributed by atoms with Crippen molar-refractivity contribution >= 4 is 23.9 Å². The summed E-state index contributed by atoms with van der Waals surface area (Å²) in [7, 11) is 0. The number of carbonyl (C=O) groups excluding carboxylic acids is 4. The Morgan fingerprint density at radius 2 is 0.882 bits per heavy atom. The van der Waals surface area contributed by atoms with E-state index in [1.807, 2.05) is 0 Å². The molecule has 394 valence electrons. The number of cyclic esters (lactones) is 3. The van der Waals surface area contributed by atoms with Crippen molar-refractivity contribution < 1.29 is 135 Å². The van der Waals surface area contributed by atoms with Crippen LogP contribution >= 0.6 is 0 Å². The maximum absolute atomic E-state index is 14.7. The summed E-state index contributed by atoms with van der Waals surface area (Å²) in [6.07, 6.45) is -14.4. The molecule has 0 spiro atoms. The van der Waals surface area contributed by atoms with E-state index in [1.165, 1.54) is 6.07 Å². The lowest BCUT2D eigenvalue weighted by Crippen LogP contribution is -2.55. The van der Waals surface area contributed by atoms with Crippen LogP contribution in [0.1, 0.15) is 75.7 Å². The zero-order valence-corrected chi connectivity index (χ0v) is 37.7. The third-order valence-corrected chi connectivity index (χ3v) is 13.4. The summed E-state index contributed by atoms with van der Waals surface area (Å²) in [5.41, 5.74) is -11.2. The zero-order valence-electron chi connectivity index (χ0n) is 37.7.